The molecule has 1 saturated heterocycles. The molecule has 1 aliphatic rings. The van der Waals surface area contributed by atoms with E-state index in [9.17, 15) is 23.1 Å². The van der Waals surface area contributed by atoms with Crippen molar-refractivity contribution in [2.45, 2.75) is 19.1 Å². The van der Waals surface area contributed by atoms with Crippen molar-refractivity contribution in [1.29, 1.82) is 0 Å². The highest BCUT2D eigenvalue weighted by atomic mass is 19.4. The zero-order valence-electron chi connectivity index (χ0n) is 10.6. The number of anilines is 1. The first-order chi connectivity index (χ1) is 9.25. The van der Waals surface area contributed by atoms with E-state index in [1.807, 2.05) is 0 Å². The summed E-state index contributed by atoms with van der Waals surface area (Å²) in [5.41, 5.74) is -2.22. The van der Waals surface area contributed by atoms with Gasteiger partial charge in [0.1, 0.15) is 11.2 Å². The van der Waals surface area contributed by atoms with Gasteiger partial charge >= 0.3 is 12.1 Å². The van der Waals surface area contributed by atoms with Crippen molar-refractivity contribution in [3.8, 4) is 0 Å². The highest BCUT2D eigenvalue weighted by molar-refractivity contribution is 5.76. The Kier molecular flexibility index (Phi) is 3.59. The van der Waals surface area contributed by atoms with Crippen LogP contribution < -0.4 is 5.32 Å². The number of aromatic nitrogens is 1. The van der Waals surface area contributed by atoms with Crippen LogP contribution in [-0.2, 0) is 15.7 Å². The minimum atomic E-state index is -4.56. The number of carboxylic acid groups (broad SMARTS) is 1. The molecule has 1 fully saturated rings. The fourth-order valence-electron chi connectivity index (χ4n) is 2.00. The Hall–Kier alpha value is -1.83. The molecule has 0 aromatic carbocycles. The lowest BCUT2D eigenvalue weighted by Gasteiger charge is -2.26. The predicted octanol–water partition coefficient (Wildman–Crippen LogP) is 2.00. The van der Waals surface area contributed by atoms with E-state index in [1.165, 1.54) is 19.2 Å². The monoisotopic (exact) mass is 290 g/mol. The van der Waals surface area contributed by atoms with Crippen LogP contribution in [0, 0.1) is 5.41 Å². The van der Waals surface area contributed by atoms with Gasteiger partial charge in [0, 0.05) is 6.20 Å². The summed E-state index contributed by atoms with van der Waals surface area (Å²) in [6.45, 7) is 1.38. The van der Waals surface area contributed by atoms with Crippen molar-refractivity contribution >= 4 is 11.8 Å². The van der Waals surface area contributed by atoms with Crippen LogP contribution in [0.3, 0.4) is 0 Å². The van der Waals surface area contributed by atoms with Crippen LogP contribution >= 0.6 is 0 Å². The van der Waals surface area contributed by atoms with Crippen molar-refractivity contribution < 1.29 is 27.8 Å². The molecule has 5 nitrogen and oxygen atoms in total. The lowest BCUT2D eigenvalue weighted by molar-refractivity contribution is -0.148. The largest absolute Gasteiger partial charge is 0.481 e. The molecule has 0 aliphatic carbocycles. The number of hydrogen-bond donors (Lipinski definition) is 2. The van der Waals surface area contributed by atoms with Gasteiger partial charge in [-0.1, -0.05) is 0 Å². The fraction of sp³-hybridized carbons (Fsp3) is 0.500. The molecule has 1 aromatic rings. The van der Waals surface area contributed by atoms with Crippen molar-refractivity contribution in [3.63, 3.8) is 0 Å². The lowest BCUT2D eigenvalue weighted by atomic mass is 9.85. The summed E-state index contributed by atoms with van der Waals surface area (Å²) in [5, 5.41) is 11.7. The first kappa shape index (κ1) is 14.6. The molecule has 2 heterocycles. The highest BCUT2D eigenvalue weighted by Gasteiger charge is 2.47. The molecule has 1 aromatic heterocycles. The second kappa shape index (κ2) is 4.93. The van der Waals surface area contributed by atoms with Crippen molar-refractivity contribution in [2.24, 2.45) is 5.41 Å². The number of carboxylic acids is 1. The Morgan fingerprint density at radius 3 is 2.90 bits per heavy atom. The number of rotatable bonds is 3. The van der Waals surface area contributed by atoms with Gasteiger partial charge in [-0.3, -0.25) is 4.79 Å². The summed E-state index contributed by atoms with van der Waals surface area (Å²) in [6, 6.07) is 1.29. The first-order valence-electron chi connectivity index (χ1n) is 5.85. The SMILES string of the molecule is CC1(C(=O)O)COCC1Nc1ncccc1C(F)(F)F. The second-order valence-electron chi connectivity index (χ2n) is 4.83. The standard InChI is InChI=1S/C12H13F3N2O3/c1-11(10(18)19)6-20-5-8(11)17-9-7(12(13,14)15)3-2-4-16-9/h2-4,8H,5-6H2,1H3,(H,16,17)(H,18,19). The number of carbonyl (C=O) groups is 1. The van der Waals surface area contributed by atoms with Crippen LogP contribution in [0.2, 0.25) is 0 Å². The van der Waals surface area contributed by atoms with E-state index < -0.39 is 29.2 Å². The number of aliphatic carboxylic acids is 1. The molecule has 2 rings (SSSR count). The van der Waals surface area contributed by atoms with Crippen LogP contribution in [-0.4, -0.2) is 35.3 Å². The molecule has 2 atom stereocenters. The number of pyridine rings is 1. The average Bonchev–Trinajstić information content (AvgIpc) is 2.72. The average molecular weight is 290 g/mol. The topological polar surface area (TPSA) is 71.5 Å². The number of alkyl halides is 3. The van der Waals surface area contributed by atoms with Gasteiger partial charge in [0.25, 0.3) is 0 Å². The highest BCUT2D eigenvalue weighted by Crippen LogP contribution is 2.36. The van der Waals surface area contributed by atoms with Gasteiger partial charge < -0.3 is 15.2 Å². The predicted molar refractivity (Wildman–Crippen MR) is 63.2 cm³/mol. The third-order valence-corrected chi connectivity index (χ3v) is 3.37. The zero-order valence-corrected chi connectivity index (χ0v) is 10.6. The molecule has 0 saturated carbocycles. The maximum Gasteiger partial charge on any atom is 0.419 e. The summed E-state index contributed by atoms with van der Waals surface area (Å²) in [4.78, 5) is 14.9. The van der Waals surface area contributed by atoms with Gasteiger partial charge in [0.05, 0.1) is 24.8 Å². The molecule has 1 aliphatic heterocycles. The Balaban J connectivity index is 2.29. The Bertz CT molecular complexity index is 521. The smallest absolute Gasteiger partial charge is 0.419 e. The van der Waals surface area contributed by atoms with Crippen LogP contribution in [0.5, 0.6) is 0 Å². The summed E-state index contributed by atoms with van der Waals surface area (Å²) in [6.07, 6.45) is -3.35. The van der Waals surface area contributed by atoms with E-state index in [1.54, 1.807) is 0 Å². The number of ether oxygens (including phenoxy) is 1. The van der Waals surface area contributed by atoms with Gasteiger partial charge in [-0.25, -0.2) is 4.98 Å². The third-order valence-electron chi connectivity index (χ3n) is 3.37. The maximum absolute atomic E-state index is 12.8. The maximum atomic E-state index is 12.8. The molecule has 0 amide bonds. The number of halogens is 3. The second-order valence-corrected chi connectivity index (χ2v) is 4.83. The van der Waals surface area contributed by atoms with Crippen LogP contribution in [0.15, 0.2) is 18.3 Å². The van der Waals surface area contributed by atoms with Gasteiger partial charge in [-0.15, -0.1) is 0 Å². The molecule has 2 N–H and O–H groups in total. The molecule has 8 heteroatoms. The summed E-state index contributed by atoms with van der Waals surface area (Å²) < 4.78 is 43.6. The molecular formula is C12H13F3N2O3. The van der Waals surface area contributed by atoms with E-state index in [-0.39, 0.29) is 19.0 Å². The zero-order chi connectivity index (χ0) is 15.0. The Morgan fingerprint density at radius 1 is 1.60 bits per heavy atom. The van der Waals surface area contributed by atoms with Crippen LogP contribution in [0.1, 0.15) is 12.5 Å². The minimum Gasteiger partial charge on any atom is -0.481 e. The third kappa shape index (κ3) is 2.55. The van der Waals surface area contributed by atoms with E-state index in [0.29, 0.717) is 0 Å². The molecule has 2 unspecified atom stereocenters. The van der Waals surface area contributed by atoms with Gasteiger partial charge in [-0.2, -0.15) is 13.2 Å². The van der Waals surface area contributed by atoms with Gasteiger partial charge in [0.2, 0.25) is 0 Å². The van der Waals surface area contributed by atoms with E-state index in [4.69, 9.17) is 4.74 Å². The minimum absolute atomic E-state index is 0.0106. The summed E-state index contributed by atoms with van der Waals surface area (Å²) in [7, 11) is 0. The lowest BCUT2D eigenvalue weighted by Crippen LogP contribution is -2.43. The van der Waals surface area contributed by atoms with Crippen molar-refractivity contribution in [1.82, 2.24) is 4.98 Å². The molecule has 0 bridgehead atoms. The normalized spacial score (nSPS) is 26.5. The molecule has 0 radical (unpaired) electrons. The number of hydrogen-bond acceptors (Lipinski definition) is 4. The molecule has 0 spiro atoms. The van der Waals surface area contributed by atoms with Gasteiger partial charge in [-0.05, 0) is 19.1 Å². The summed E-state index contributed by atoms with van der Waals surface area (Å²) in [5.74, 6) is -1.51. The Morgan fingerprint density at radius 2 is 2.30 bits per heavy atom. The van der Waals surface area contributed by atoms with E-state index >= 15 is 0 Å². The van der Waals surface area contributed by atoms with Crippen LogP contribution in [0.25, 0.3) is 0 Å². The van der Waals surface area contributed by atoms with Crippen molar-refractivity contribution in [2.75, 3.05) is 18.5 Å². The Labute approximate surface area is 112 Å². The summed E-state index contributed by atoms with van der Waals surface area (Å²) >= 11 is 0. The van der Waals surface area contributed by atoms with E-state index in [2.05, 4.69) is 10.3 Å². The molecule has 20 heavy (non-hydrogen) atoms. The quantitative estimate of drug-likeness (QED) is 0.891. The molecule has 110 valence electrons. The van der Waals surface area contributed by atoms with Gasteiger partial charge in [0.15, 0.2) is 0 Å². The first-order valence-corrected chi connectivity index (χ1v) is 5.85. The van der Waals surface area contributed by atoms with Crippen LogP contribution in [0.4, 0.5) is 19.0 Å². The fourth-order valence-corrected chi connectivity index (χ4v) is 2.00. The van der Waals surface area contributed by atoms with E-state index in [0.717, 1.165) is 6.07 Å². The van der Waals surface area contributed by atoms with Crippen molar-refractivity contribution in [3.05, 3.63) is 23.9 Å². The number of nitrogens with one attached hydrogen (secondary N) is 1. The molecular weight excluding hydrogens is 277 g/mol. The number of nitrogens with zero attached hydrogens (tertiary/aromatic N) is 1.